The van der Waals surface area contributed by atoms with Crippen molar-refractivity contribution in [1.29, 1.82) is 0 Å². The van der Waals surface area contributed by atoms with Crippen LogP contribution >= 0.6 is 11.6 Å². The van der Waals surface area contributed by atoms with Crippen LogP contribution in [-0.2, 0) is 4.79 Å². The van der Waals surface area contributed by atoms with E-state index in [-0.39, 0.29) is 23.8 Å². The Morgan fingerprint density at radius 3 is 2.83 bits per heavy atom. The Kier molecular flexibility index (Phi) is 3.83. The standard InChI is InChI=1S/C10H14ClN5O2/c11-8-7(13-4-18)9(16-10(12)15-8)14-6-1-5(2-6)3-17/h4-6,17H,1-3H2,(H,13,18)(H3,12,14,15,16)/t5-,6+. The predicted octanol–water partition coefficient (Wildman–Crippen LogP) is 0.463. The Bertz CT molecular complexity index is 450. The maximum atomic E-state index is 10.5. The fraction of sp³-hybridized carbons (Fsp3) is 0.500. The lowest BCUT2D eigenvalue weighted by molar-refractivity contribution is -0.105. The van der Waals surface area contributed by atoms with Crippen LogP contribution in [0.2, 0.25) is 5.15 Å². The molecule has 1 fully saturated rings. The summed E-state index contributed by atoms with van der Waals surface area (Å²) in [5.74, 6) is 0.762. The molecule has 1 aliphatic carbocycles. The van der Waals surface area contributed by atoms with Crippen LogP contribution in [0.5, 0.6) is 0 Å². The Morgan fingerprint density at radius 2 is 2.22 bits per heavy atom. The van der Waals surface area contributed by atoms with E-state index < -0.39 is 0 Å². The van der Waals surface area contributed by atoms with Gasteiger partial charge in [0.05, 0.1) is 0 Å². The molecule has 1 aromatic rings. The summed E-state index contributed by atoms with van der Waals surface area (Å²) in [6.07, 6.45) is 2.19. The molecule has 5 N–H and O–H groups in total. The fourth-order valence-corrected chi connectivity index (χ4v) is 2.17. The van der Waals surface area contributed by atoms with Gasteiger partial charge in [0.2, 0.25) is 12.4 Å². The number of anilines is 3. The van der Waals surface area contributed by atoms with Gasteiger partial charge in [-0.25, -0.2) is 0 Å². The molecule has 0 spiro atoms. The molecule has 1 aliphatic rings. The van der Waals surface area contributed by atoms with Crippen molar-refractivity contribution in [3.8, 4) is 0 Å². The number of hydrogen-bond donors (Lipinski definition) is 4. The summed E-state index contributed by atoms with van der Waals surface area (Å²) < 4.78 is 0. The number of hydrogen-bond acceptors (Lipinski definition) is 6. The second kappa shape index (κ2) is 5.36. The van der Waals surface area contributed by atoms with E-state index in [9.17, 15) is 4.79 Å². The van der Waals surface area contributed by atoms with Gasteiger partial charge in [-0.1, -0.05) is 11.6 Å². The van der Waals surface area contributed by atoms with E-state index in [0.29, 0.717) is 23.8 Å². The topological polar surface area (TPSA) is 113 Å². The first-order valence-corrected chi connectivity index (χ1v) is 5.92. The van der Waals surface area contributed by atoms with E-state index >= 15 is 0 Å². The van der Waals surface area contributed by atoms with Gasteiger partial charge in [0.25, 0.3) is 0 Å². The second-order valence-electron chi connectivity index (χ2n) is 4.22. The molecule has 1 aromatic heterocycles. The van der Waals surface area contributed by atoms with Crippen LogP contribution in [0.15, 0.2) is 0 Å². The van der Waals surface area contributed by atoms with Crippen molar-refractivity contribution in [2.24, 2.45) is 5.92 Å². The summed E-state index contributed by atoms with van der Waals surface area (Å²) in [5.41, 5.74) is 5.82. The molecule has 1 heterocycles. The van der Waals surface area contributed by atoms with Gasteiger partial charge in [-0.15, -0.1) is 0 Å². The zero-order chi connectivity index (χ0) is 13.1. The first-order valence-electron chi connectivity index (χ1n) is 5.54. The largest absolute Gasteiger partial charge is 0.396 e. The number of rotatable bonds is 5. The average Bonchev–Trinajstić information content (AvgIpc) is 2.27. The van der Waals surface area contributed by atoms with Crippen molar-refractivity contribution in [3.63, 3.8) is 0 Å². The number of halogens is 1. The van der Waals surface area contributed by atoms with E-state index in [1.54, 1.807) is 0 Å². The molecule has 0 saturated heterocycles. The maximum Gasteiger partial charge on any atom is 0.223 e. The number of nitrogen functional groups attached to an aromatic ring is 1. The van der Waals surface area contributed by atoms with Gasteiger partial charge in [0.15, 0.2) is 11.0 Å². The highest BCUT2D eigenvalue weighted by molar-refractivity contribution is 6.33. The van der Waals surface area contributed by atoms with E-state index in [0.717, 1.165) is 12.8 Å². The highest BCUT2D eigenvalue weighted by Gasteiger charge is 2.29. The highest BCUT2D eigenvalue weighted by atomic mass is 35.5. The van der Waals surface area contributed by atoms with E-state index in [1.165, 1.54) is 0 Å². The summed E-state index contributed by atoms with van der Waals surface area (Å²) in [6, 6.07) is 0.194. The summed E-state index contributed by atoms with van der Waals surface area (Å²) >= 11 is 5.88. The number of nitrogens with zero attached hydrogens (tertiary/aromatic N) is 2. The average molecular weight is 272 g/mol. The first kappa shape index (κ1) is 12.8. The van der Waals surface area contributed by atoms with Crippen LogP contribution in [0.4, 0.5) is 17.5 Å². The molecule has 18 heavy (non-hydrogen) atoms. The molecule has 0 atom stereocenters. The minimum Gasteiger partial charge on any atom is -0.396 e. The molecule has 1 saturated carbocycles. The monoisotopic (exact) mass is 271 g/mol. The Morgan fingerprint density at radius 1 is 1.50 bits per heavy atom. The van der Waals surface area contributed by atoms with Gasteiger partial charge >= 0.3 is 0 Å². The summed E-state index contributed by atoms with van der Waals surface area (Å²) in [7, 11) is 0. The predicted molar refractivity (Wildman–Crippen MR) is 68.4 cm³/mol. The molecule has 7 nitrogen and oxygen atoms in total. The number of aliphatic hydroxyl groups is 1. The number of carbonyl (C=O) groups is 1. The maximum absolute atomic E-state index is 10.5. The van der Waals surface area contributed by atoms with Crippen molar-refractivity contribution in [2.45, 2.75) is 18.9 Å². The number of nitrogens with two attached hydrogens (primary N) is 1. The molecular weight excluding hydrogens is 258 g/mol. The molecule has 8 heteroatoms. The van der Waals surface area contributed by atoms with Gasteiger partial charge in [-0.3, -0.25) is 4.79 Å². The van der Waals surface area contributed by atoms with E-state index in [1.807, 2.05) is 0 Å². The number of carbonyl (C=O) groups excluding carboxylic acids is 1. The fourth-order valence-electron chi connectivity index (χ4n) is 1.94. The molecular formula is C10H14ClN5O2. The molecule has 2 rings (SSSR count). The third-order valence-electron chi connectivity index (χ3n) is 2.92. The molecule has 0 unspecified atom stereocenters. The van der Waals surface area contributed by atoms with Crippen LogP contribution in [0, 0.1) is 5.92 Å². The quantitative estimate of drug-likeness (QED) is 0.457. The van der Waals surface area contributed by atoms with E-state index in [2.05, 4.69) is 20.6 Å². The summed E-state index contributed by atoms with van der Waals surface area (Å²) in [5, 5.41) is 14.6. The molecule has 0 aromatic carbocycles. The minimum absolute atomic E-state index is 0.0389. The lowest BCUT2D eigenvalue weighted by Gasteiger charge is -2.35. The van der Waals surface area contributed by atoms with Crippen LogP contribution in [-0.4, -0.2) is 34.1 Å². The third-order valence-corrected chi connectivity index (χ3v) is 3.19. The van der Waals surface area contributed by atoms with Gasteiger partial charge in [-0.2, -0.15) is 9.97 Å². The van der Waals surface area contributed by atoms with Crippen molar-refractivity contribution in [3.05, 3.63) is 5.15 Å². The SMILES string of the molecule is Nc1nc(Cl)c(NC=O)c(N[C@H]2C[C@@H](CO)C2)n1. The normalized spacial score (nSPS) is 22.1. The number of aliphatic hydroxyl groups excluding tert-OH is 1. The number of amides is 1. The van der Waals surface area contributed by atoms with Gasteiger partial charge < -0.3 is 21.5 Å². The van der Waals surface area contributed by atoms with Crippen LogP contribution in [0.25, 0.3) is 0 Å². The smallest absolute Gasteiger partial charge is 0.223 e. The first-order chi connectivity index (χ1) is 8.63. The van der Waals surface area contributed by atoms with Crippen molar-refractivity contribution in [2.75, 3.05) is 23.0 Å². The van der Waals surface area contributed by atoms with Gasteiger partial charge in [0, 0.05) is 12.6 Å². The van der Waals surface area contributed by atoms with E-state index in [4.69, 9.17) is 22.4 Å². The van der Waals surface area contributed by atoms with Crippen LogP contribution < -0.4 is 16.4 Å². The second-order valence-corrected chi connectivity index (χ2v) is 4.58. The number of aromatic nitrogens is 2. The van der Waals surface area contributed by atoms with Crippen LogP contribution in [0.3, 0.4) is 0 Å². The van der Waals surface area contributed by atoms with Crippen molar-refractivity contribution >= 4 is 35.5 Å². The Balaban J connectivity index is 2.13. The molecule has 0 radical (unpaired) electrons. The third kappa shape index (κ3) is 2.62. The minimum atomic E-state index is 0.0389. The molecule has 98 valence electrons. The zero-order valence-electron chi connectivity index (χ0n) is 9.56. The van der Waals surface area contributed by atoms with Crippen LogP contribution in [0.1, 0.15) is 12.8 Å². The lowest BCUT2D eigenvalue weighted by atomic mass is 9.81. The molecule has 1 amide bonds. The Labute approximate surface area is 109 Å². The molecule has 0 bridgehead atoms. The van der Waals surface area contributed by atoms with Crippen molar-refractivity contribution in [1.82, 2.24) is 9.97 Å². The molecule has 0 aliphatic heterocycles. The lowest BCUT2D eigenvalue weighted by Crippen LogP contribution is -2.37. The summed E-state index contributed by atoms with van der Waals surface area (Å²) in [4.78, 5) is 18.3. The highest BCUT2D eigenvalue weighted by Crippen LogP contribution is 2.33. The zero-order valence-corrected chi connectivity index (χ0v) is 10.3. The number of nitrogens with one attached hydrogen (secondary N) is 2. The Hall–Kier alpha value is -1.60. The van der Waals surface area contributed by atoms with Crippen molar-refractivity contribution < 1.29 is 9.90 Å². The van der Waals surface area contributed by atoms with Gasteiger partial charge in [-0.05, 0) is 18.8 Å². The summed E-state index contributed by atoms with van der Waals surface area (Å²) in [6.45, 7) is 0.185. The van der Waals surface area contributed by atoms with Gasteiger partial charge in [0.1, 0.15) is 5.69 Å².